The third-order valence-corrected chi connectivity index (χ3v) is 12.7. The van der Waals surface area contributed by atoms with E-state index in [0.717, 1.165) is 59.3 Å². The van der Waals surface area contributed by atoms with Crippen LogP contribution in [0.3, 0.4) is 0 Å². The number of allylic oxidation sites excluding steroid dienone is 2. The van der Waals surface area contributed by atoms with Crippen molar-refractivity contribution in [1.29, 1.82) is 0 Å². The quantitative estimate of drug-likeness (QED) is 0.0393. The molecule has 0 saturated carbocycles. The number of hydrogen-bond acceptors (Lipinski definition) is 3. The number of fused-ring (bicyclic) bond motifs is 5. The Balaban J connectivity index is 0.000000294. The normalized spacial score (nSPS) is 13.4. The van der Waals surface area contributed by atoms with Crippen LogP contribution in [0.4, 0.5) is 0 Å². The minimum atomic E-state index is -1.59. The van der Waals surface area contributed by atoms with Gasteiger partial charge in [0, 0.05) is 54.7 Å². The number of carbonyl (C=O) groups excluding carboxylic acids is 1. The van der Waals surface area contributed by atoms with Crippen LogP contribution in [0, 0.1) is 29.7 Å². The molecule has 0 fully saturated rings. The van der Waals surface area contributed by atoms with Crippen LogP contribution in [0.25, 0.3) is 49.0 Å². The fourth-order valence-corrected chi connectivity index (χ4v) is 8.33. The third kappa shape index (κ3) is 7.59. The van der Waals surface area contributed by atoms with Crippen LogP contribution < -0.4 is 5.19 Å². The second kappa shape index (κ2) is 14.9. The van der Waals surface area contributed by atoms with Crippen LogP contribution in [-0.4, -0.2) is 28.3 Å². The number of carbonyl (C=O) groups is 1. The predicted octanol–water partition coefficient (Wildman–Crippen LogP) is 11.9. The van der Waals surface area contributed by atoms with Crippen molar-refractivity contribution in [3.8, 4) is 0 Å². The first-order valence-electron chi connectivity index (χ1n) is 18.8. The largest absolute Gasteiger partial charge is 0.512 e. The molecule has 4 nitrogen and oxygen atoms in total. The van der Waals surface area contributed by atoms with Gasteiger partial charge in [-0.05, 0) is 88.5 Å². The summed E-state index contributed by atoms with van der Waals surface area (Å²) in [6.07, 6.45) is 6.19. The maximum Gasteiger partial charge on any atom is 0.164 e. The molecule has 0 aliphatic rings. The zero-order valence-corrected chi connectivity index (χ0v) is 35.7. The zero-order valence-electron chi connectivity index (χ0n) is 33.3. The fraction of sp³-hybridized carbons (Fsp3) is 0.455. The van der Waals surface area contributed by atoms with E-state index in [1.165, 1.54) is 44.1 Å². The van der Waals surface area contributed by atoms with Gasteiger partial charge < -0.3 is 14.5 Å². The number of aryl methyl sites for hydroxylation is 1. The van der Waals surface area contributed by atoms with Crippen LogP contribution in [0.15, 0.2) is 60.5 Å². The van der Waals surface area contributed by atoms with Crippen molar-refractivity contribution in [3.63, 3.8) is 0 Å². The molecule has 0 aliphatic heterocycles. The van der Waals surface area contributed by atoms with Gasteiger partial charge in [0.05, 0.1) is 15.2 Å². The van der Waals surface area contributed by atoms with Gasteiger partial charge in [0.15, 0.2) is 5.78 Å². The first kappa shape index (κ1) is 38.2. The summed E-state index contributed by atoms with van der Waals surface area (Å²) < 4.78 is 10.9. The van der Waals surface area contributed by atoms with Gasteiger partial charge in [-0.15, -0.1) is 17.7 Å². The van der Waals surface area contributed by atoms with Crippen molar-refractivity contribution in [1.82, 2.24) is 9.38 Å². The monoisotopic (exact) mass is 867 g/mol. The van der Waals surface area contributed by atoms with Crippen LogP contribution in [0.2, 0.25) is 19.6 Å². The van der Waals surface area contributed by atoms with E-state index in [9.17, 15) is 9.90 Å². The van der Waals surface area contributed by atoms with Crippen LogP contribution in [0.1, 0.15) is 93.6 Å². The van der Waals surface area contributed by atoms with Crippen molar-refractivity contribution >= 4 is 68.0 Å². The Morgan fingerprint density at radius 3 is 2.22 bits per heavy atom. The molecule has 3 aromatic heterocycles. The number of hydrogen-bond donors (Lipinski definition) is 1. The smallest absolute Gasteiger partial charge is 0.164 e. The number of pyridine rings is 2. The fourth-order valence-electron chi connectivity index (χ4n) is 7.17. The zero-order chi connectivity index (χ0) is 36.9. The minimum absolute atomic E-state index is 0. The second-order valence-electron chi connectivity index (χ2n) is 16.7. The molecule has 3 heterocycles. The van der Waals surface area contributed by atoms with E-state index in [1.807, 2.05) is 40.7 Å². The third-order valence-electron chi connectivity index (χ3n) is 10.7. The van der Waals surface area contributed by atoms with Crippen molar-refractivity contribution in [3.05, 3.63) is 77.7 Å². The van der Waals surface area contributed by atoms with E-state index >= 15 is 0 Å². The summed E-state index contributed by atoms with van der Waals surface area (Å²) in [4.78, 5) is 16.8. The molecule has 6 rings (SSSR count). The molecule has 0 atom stereocenters. The number of aromatic nitrogens is 2. The van der Waals surface area contributed by atoms with Crippen LogP contribution in [0.5, 0.6) is 0 Å². The van der Waals surface area contributed by atoms with Gasteiger partial charge in [0.25, 0.3) is 0 Å². The average Bonchev–Trinajstić information content (AvgIpc) is 3.35. The number of aliphatic hydroxyl groups is 1. The molecular weight excluding hydrogens is 809 g/mol. The average molecular weight is 867 g/mol. The van der Waals surface area contributed by atoms with Gasteiger partial charge in [0.2, 0.25) is 0 Å². The molecule has 0 bridgehead atoms. The summed E-state index contributed by atoms with van der Waals surface area (Å²) in [5.74, 6) is 0.437. The molecule has 1 radical (unpaired) electrons. The van der Waals surface area contributed by atoms with E-state index in [2.05, 4.69) is 94.2 Å². The second-order valence-corrected chi connectivity index (χ2v) is 21.7. The maximum absolute atomic E-state index is 12.0. The van der Waals surface area contributed by atoms with Crippen molar-refractivity contribution in [2.75, 3.05) is 0 Å². The summed E-state index contributed by atoms with van der Waals surface area (Å²) >= 11 is 0. The van der Waals surface area contributed by atoms with Gasteiger partial charge in [-0.3, -0.25) is 4.79 Å². The predicted molar refractivity (Wildman–Crippen MR) is 215 cm³/mol. The molecule has 3 aromatic carbocycles. The van der Waals surface area contributed by atoms with E-state index in [4.69, 9.17) is 6.35 Å². The standard InChI is InChI=1S/C30H31N2Si.C14H26O2.Ir/c1-18-12-23-22-9-8-19(17-30(2,3)4)14-25(22)32-26-16-21(33(5,6)7)15-20-10-11-31-28(27(20)26)24(13-18)29(23)32;1-6-11(7-2)12(15)10-13(16)14(5,8-3)9-4;/h8-12,14-16H,17H2,1-7H3;10-11,15H,6-9H2,1-5H3;/q-1;;/b;12-10-;/i11D;;. The molecule has 50 heavy (non-hydrogen) atoms. The Morgan fingerprint density at radius 1 is 0.980 bits per heavy atom. The Hall–Kier alpha value is -3.05. The van der Waals surface area contributed by atoms with Gasteiger partial charge in [-0.2, -0.15) is 0 Å². The molecule has 0 aliphatic carbocycles. The van der Waals surface area contributed by atoms with Crippen molar-refractivity contribution in [2.24, 2.45) is 16.7 Å². The van der Waals surface area contributed by atoms with Crippen molar-refractivity contribution in [2.45, 2.75) is 114 Å². The Morgan fingerprint density at radius 2 is 1.64 bits per heavy atom. The summed E-state index contributed by atoms with van der Waals surface area (Å²) in [6, 6.07) is 19.5. The number of aliphatic hydroxyl groups excluding tert-OH is 1. The molecule has 0 saturated heterocycles. The molecule has 6 heteroatoms. The van der Waals surface area contributed by atoms with Gasteiger partial charge in [-0.25, -0.2) is 0 Å². The molecule has 6 aromatic rings. The topological polar surface area (TPSA) is 54.6 Å². The van der Waals surface area contributed by atoms with Gasteiger partial charge in [0.1, 0.15) is 0 Å². The first-order valence-corrected chi connectivity index (χ1v) is 21.8. The van der Waals surface area contributed by atoms with E-state index in [0.29, 0.717) is 6.17 Å². The Labute approximate surface area is 315 Å². The molecular formula is C44H57IrN2O2Si-. The number of nitrogens with zero attached hydrogens (tertiary/aromatic N) is 2. The number of benzene rings is 3. The summed E-state index contributed by atoms with van der Waals surface area (Å²) in [7, 11) is -1.59. The van der Waals surface area contributed by atoms with Gasteiger partial charge >= 0.3 is 0 Å². The maximum atomic E-state index is 12.0. The Kier molecular flexibility index (Phi) is 11.4. The number of rotatable bonds is 9. The van der Waals surface area contributed by atoms with E-state index < -0.39 is 8.07 Å². The van der Waals surface area contributed by atoms with Crippen LogP contribution >= 0.6 is 0 Å². The molecule has 0 spiro atoms. The summed E-state index contributed by atoms with van der Waals surface area (Å²) in [5, 5.41) is 17.1. The summed E-state index contributed by atoms with van der Waals surface area (Å²) in [5.41, 5.74) is 6.91. The first-order chi connectivity index (χ1) is 23.3. The van der Waals surface area contributed by atoms with E-state index in [-0.39, 0.29) is 48.4 Å². The Bertz CT molecular complexity index is 2230. The van der Waals surface area contributed by atoms with Crippen molar-refractivity contribution < 1.29 is 31.4 Å². The van der Waals surface area contributed by atoms with E-state index in [1.54, 1.807) is 0 Å². The SMILES string of the molecule is CCC(CC)/C(O)=C/C(=O)C(C)(CC)CC.[2H]c1cc2cc([Si](C)(C)C)cc3c2c(n1)c1[c-]c(C)cc2c4ccc(CC(C)(C)C)cc4n3c12.[Ir]. The van der Waals surface area contributed by atoms with Crippen LogP contribution in [-0.2, 0) is 31.3 Å². The molecule has 269 valence electrons. The van der Waals surface area contributed by atoms with Gasteiger partial charge in [-0.1, -0.05) is 116 Å². The number of ketones is 1. The molecule has 0 amide bonds. The minimum Gasteiger partial charge on any atom is -0.512 e. The molecule has 1 N–H and O–H groups in total. The summed E-state index contributed by atoms with van der Waals surface area (Å²) in [6.45, 7) is 26.2. The molecule has 0 unspecified atom stereocenters.